The molecular weight excluding hydrogens is 156 g/mol. The summed E-state index contributed by atoms with van der Waals surface area (Å²) in [6.07, 6.45) is 2.72. The van der Waals surface area contributed by atoms with Gasteiger partial charge in [0, 0.05) is 5.57 Å². The highest BCUT2D eigenvalue weighted by atomic mass is 16.5. The molecule has 0 aromatic rings. The lowest BCUT2D eigenvalue weighted by Crippen LogP contribution is -2.04. The first kappa shape index (κ1) is 10.8. The highest BCUT2D eigenvalue weighted by Gasteiger charge is 2.04. The lowest BCUT2D eigenvalue weighted by molar-refractivity contribution is -0.136. The van der Waals surface area contributed by atoms with Gasteiger partial charge in [-0.25, -0.2) is 4.79 Å². The maximum absolute atomic E-state index is 10.8. The average Bonchev–Trinajstić information content (AvgIpc) is 2.10. The molecule has 3 nitrogen and oxygen atoms in total. The van der Waals surface area contributed by atoms with Crippen LogP contribution in [0.2, 0.25) is 0 Å². The van der Waals surface area contributed by atoms with Crippen LogP contribution in [-0.4, -0.2) is 19.7 Å². The predicted molar refractivity (Wildman–Crippen MR) is 46.5 cm³/mol. The Morgan fingerprint density at radius 2 is 2.25 bits per heavy atom. The fraction of sp³-hybridized carbons (Fsp3) is 0.444. The number of esters is 1. The van der Waals surface area contributed by atoms with Gasteiger partial charge in [-0.1, -0.05) is 13.2 Å². The number of hydrogen-bond donors (Lipinski definition) is 0. The van der Waals surface area contributed by atoms with Crippen LogP contribution in [0, 0.1) is 0 Å². The topological polar surface area (TPSA) is 35.5 Å². The normalized spacial score (nSPS) is 8.75. The molecule has 0 spiro atoms. The lowest BCUT2D eigenvalue weighted by atomic mass is 10.2. The molecule has 0 amide bonds. The first-order chi connectivity index (χ1) is 5.72. The van der Waals surface area contributed by atoms with Crippen LogP contribution < -0.4 is 0 Å². The minimum Gasteiger partial charge on any atom is -0.502 e. The molecule has 0 saturated heterocycles. The van der Waals surface area contributed by atoms with E-state index in [0.29, 0.717) is 18.6 Å². The molecule has 3 heteroatoms. The molecule has 0 atom stereocenters. The number of methoxy groups -OCH3 is 1. The summed E-state index contributed by atoms with van der Waals surface area (Å²) < 4.78 is 9.34. The summed E-state index contributed by atoms with van der Waals surface area (Å²) in [5.74, 6) is -0.353. The van der Waals surface area contributed by atoms with Crippen molar-refractivity contribution in [1.29, 1.82) is 0 Å². The van der Waals surface area contributed by atoms with Gasteiger partial charge < -0.3 is 9.47 Å². The second-order valence-corrected chi connectivity index (χ2v) is 2.24. The Morgan fingerprint density at radius 3 is 2.75 bits per heavy atom. The molecule has 0 aliphatic carbocycles. The first-order valence-corrected chi connectivity index (χ1v) is 3.71. The molecule has 0 rings (SSSR count). The van der Waals surface area contributed by atoms with Crippen LogP contribution in [0.15, 0.2) is 25.0 Å². The maximum Gasteiger partial charge on any atom is 0.333 e. The van der Waals surface area contributed by atoms with Gasteiger partial charge in [0.1, 0.15) is 0 Å². The van der Waals surface area contributed by atoms with Crippen molar-refractivity contribution in [2.45, 2.75) is 12.8 Å². The molecule has 0 aromatic carbocycles. The average molecular weight is 170 g/mol. The van der Waals surface area contributed by atoms with Crippen molar-refractivity contribution in [3.63, 3.8) is 0 Å². The summed E-state index contributed by atoms with van der Waals surface area (Å²) in [5.41, 5.74) is 0.477. The van der Waals surface area contributed by atoms with E-state index in [1.54, 1.807) is 0 Å². The van der Waals surface area contributed by atoms with Crippen LogP contribution in [0.25, 0.3) is 0 Å². The van der Waals surface area contributed by atoms with E-state index in [9.17, 15) is 4.79 Å². The molecule has 0 fully saturated rings. The largest absolute Gasteiger partial charge is 0.502 e. The molecule has 0 bridgehead atoms. The first-order valence-electron chi connectivity index (χ1n) is 3.71. The standard InChI is InChI=1S/C9H14O3/c1-4-12-7-5-6-8(2)9(10)11-3/h4H,1-2,5-7H2,3H3. The highest BCUT2D eigenvalue weighted by Crippen LogP contribution is 2.03. The fourth-order valence-corrected chi connectivity index (χ4v) is 0.699. The molecule has 12 heavy (non-hydrogen) atoms. The summed E-state index contributed by atoms with van der Waals surface area (Å²) >= 11 is 0. The van der Waals surface area contributed by atoms with Crippen LogP contribution in [0.4, 0.5) is 0 Å². The van der Waals surface area contributed by atoms with Gasteiger partial charge in [0.05, 0.1) is 20.0 Å². The fourth-order valence-electron chi connectivity index (χ4n) is 0.699. The monoisotopic (exact) mass is 170 g/mol. The van der Waals surface area contributed by atoms with E-state index in [4.69, 9.17) is 4.74 Å². The van der Waals surface area contributed by atoms with Crippen molar-refractivity contribution in [3.8, 4) is 0 Å². The predicted octanol–water partition coefficient (Wildman–Crippen LogP) is 1.66. The molecule has 0 N–H and O–H groups in total. The third-order valence-electron chi connectivity index (χ3n) is 1.33. The molecule has 0 aliphatic heterocycles. The zero-order chi connectivity index (χ0) is 9.40. The van der Waals surface area contributed by atoms with E-state index in [1.165, 1.54) is 13.4 Å². The molecular formula is C9H14O3. The number of carbonyl (C=O) groups excluding carboxylic acids is 1. The van der Waals surface area contributed by atoms with E-state index in [2.05, 4.69) is 17.9 Å². The number of rotatable bonds is 6. The van der Waals surface area contributed by atoms with Gasteiger partial charge in [-0.2, -0.15) is 0 Å². The molecule has 0 aliphatic rings. The van der Waals surface area contributed by atoms with Crippen LogP contribution in [0.5, 0.6) is 0 Å². The van der Waals surface area contributed by atoms with Gasteiger partial charge >= 0.3 is 5.97 Å². The Balaban J connectivity index is 3.44. The van der Waals surface area contributed by atoms with Crippen molar-refractivity contribution in [2.24, 2.45) is 0 Å². The zero-order valence-corrected chi connectivity index (χ0v) is 7.34. The van der Waals surface area contributed by atoms with E-state index >= 15 is 0 Å². The van der Waals surface area contributed by atoms with Gasteiger partial charge in [-0.05, 0) is 12.8 Å². The van der Waals surface area contributed by atoms with Crippen molar-refractivity contribution < 1.29 is 14.3 Å². The van der Waals surface area contributed by atoms with Crippen LogP contribution in [0.3, 0.4) is 0 Å². The SMILES string of the molecule is C=COCCCC(=C)C(=O)OC. The minimum atomic E-state index is -0.353. The third-order valence-corrected chi connectivity index (χ3v) is 1.33. The Kier molecular flexibility index (Phi) is 5.79. The van der Waals surface area contributed by atoms with Crippen molar-refractivity contribution in [2.75, 3.05) is 13.7 Å². The molecule has 0 aromatic heterocycles. The molecule has 0 saturated carbocycles. The Morgan fingerprint density at radius 1 is 1.58 bits per heavy atom. The van der Waals surface area contributed by atoms with E-state index in [-0.39, 0.29) is 5.97 Å². The summed E-state index contributed by atoms with van der Waals surface area (Å²) in [5, 5.41) is 0. The smallest absolute Gasteiger partial charge is 0.333 e. The molecule has 0 radical (unpaired) electrons. The van der Waals surface area contributed by atoms with E-state index in [0.717, 1.165) is 6.42 Å². The van der Waals surface area contributed by atoms with Crippen molar-refractivity contribution in [1.82, 2.24) is 0 Å². The minimum absolute atomic E-state index is 0.353. The van der Waals surface area contributed by atoms with Crippen LogP contribution in [-0.2, 0) is 14.3 Å². The van der Waals surface area contributed by atoms with Gasteiger partial charge in [0.15, 0.2) is 0 Å². The van der Waals surface area contributed by atoms with Gasteiger partial charge in [0.2, 0.25) is 0 Å². The summed E-state index contributed by atoms with van der Waals surface area (Å²) in [6, 6.07) is 0. The number of carbonyl (C=O) groups is 1. The molecule has 0 heterocycles. The Bertz CT molecular complexity index is 173. The second kappa shape index (κ2) is 6.46. The molecule has 68 valence electrons. The van der Waals surface area contributed by atoms with E-state index < -0.39 is 0 Å². The number of hydrogen-bond acceptors (Lipinski definition) is 3. The van der Waals surface area contributed by atoms with Crippen LogP contribution in [0.1, 0.15) is 12.8 Å². The lowest BCUT2D eigenvalue weighted by Gasteiger charge is -2.02. The Hall–Kier alpha value is -1.25. The quantitative estimate of drug-likeness (QED) is 0.263. The maximum atomic E-state index is 10.8. The van der Waals surface area contributed by atoms with Gasteiger partial charge in [0.25, 0.3) is 0 Å². The van der Waals surface area contributed by atoms with Gasteiger partial charge in [-0.15, -0.1) is 0 Å². The summed E-state index contributed by atoms with van der Waals surface area (Å²) in [6.45, 7) is 7.51. The molecule has 0 unspecified atom stereocenters. The van der Waals surface area contributed by atoms with E-state index in [1.807, 2.05) is 0 Å². The summed E-state index contributed by atoms with van der Waals surface area (Å²) in [7, 11) is 1.34. The third kappa shape index (κ3) is 4.55. The number of ether oxygens (including phenoxy) is 2. The van der Waals surface area contributed by atoms with Gasteiger partial charge in [-0.3, -0.25) is 0 Å². The summed E-state index contributed by atoms with van der Waals surface area (Å²) in [4.78, 5) is 10.8. The second-order valence-electron chi connectivity index (χ2n) is 2.24. The van der Waals surface area contributed by atoms with Crippen molar-refractivity contribution in [3.05, 3.63) is 25.0 Å². The highest BCUT2D eigenvalue weighted by molar-refractivity contribution is 5.87. The van der Waals surface area contributed by atoms with Crippen LogP contribution >= 0.6 is 0 Å². The Labute approximate surface area is 72.7 Å². The van der Waals surface area contributed by atoms with Crippen molar-refractivity contribution >= 4 is 5.97 Å². The zero-order valence-electron chi connectivity index (χ0n) is 7.34.